The Morgan fingerprint density at radius 2 is 2.09 bits per heavy atom. The molecule has 0 unspecified atom stereocenters. The van der Waals surface area contributed by atoms with Crippen LogP contribution in [0.1, 0.15) is 16.1 Å². The van der Waals surface area contributed by atoms with E-state index in [-0.39, 0.29) is 16.8 Å². The lowest BCUT2D eigenvalue weighted by atomic mass is 10.2. The maximum Gasteiger partial charge on any atom is 0.379 e. The number of thiocarbonyl (C=S) groups is 1. The van der Waals surface area contributed by atoms with Gasteiger partial charge in [-0.1, -0.05) is 12.1 Å². The van der Waals surface area contributed by atoms with Crippen LogP contribution in [0.4, 0.5) is 0 Å². The van der Waals surface area contributed by atoms with Crippen molar-refractivity contribution < 1.29 is 18.7 Å². The van der Waals surface area contributed by atoms with Gasteiger partial charge in [0.2, 0.25) is 5.76 Å². The molecule has 110 valence electrons. The van der Waals surface area contributed by atoms with Crippen LogP contribution in [0.3, 0.4) is 0 Å². The maximum absolute atomic E-state index is 11.8. The number of benzene rings is 1. The number of amides is 1. The van der Waals surface area contributed by atoms with Gasteiger partial charge in [-0.3, -0.25) is 10.1 Å². The van der Waals surface area contributed by atoms with Crippen molar-refractivity contribution >= 4 is 35.3 Å². The van der Waals surface area contributed by atoms with E-state index >= 15 is 0 Å². The van der Waals surface area contributed by atoms with Gasteiger partial charge in [0.25, 0.3) is 5.91 Å². The molecule has 0 spiro atoms. The van der Waals surface area contributed by atoms with Crippen molar-refractivity contribution in [3.63, 3.8) is 0 Å². The van der Waals surface area contributed by atoms with Crippen molar-refractivity contribution in [1.29, 1.82) is 0 Å². The van der Waals surface area contributed by atoms with Crippen molar-refractivity contribution in [1.82, 2.24) is 10.6 Å². The van der Waals surface area contributed by atoms with Crippen LogP contribution in [0.15, 0.2) is 52.8 Å². The third-order valence-electron chi connectivity index (χ3n) is 2.82. The average molecular weight is 314 g/mol. The van der Waals surface area contributed by atoms with Crippen LogP contribution in [0.2, 0.25) is 0 Å². The van der Waals surface area contributed by atoms with Gasteiger partial charge >= 0.3 is 5.97 Å². The molecule has 1 saturated heterocycles. The van der Waals surface area contributed by atoms with Gasteiger partial charge in [0.05, 0.1) is 6.26 Å². The number of furan rings is 1. The summed E-state index contributed by atoms with van der Waals surface area (Å²) in [4.78, 5) is 23.4. The van der Waals surface area contributed by atoms with Crippen molar-refractivity contribution in [2.75, 3.05) is 0 Å². The topological polar surface area (TPSA) is 80.6 Å². The van der Waals surface area contributed by atoms with Crippen molar-refractivity contribution in [2.24, 2.45) is 0 Å². The molecular formula is C15H10N2O4S. The highest BCUT2D eigenvalue weighted by Gasteiger charge is 2.20. The number of hydrogen-bond acceptors (Lipinski definition) is 5. The van der Waals surface area contributed by atoms with Crippen LogP contribution in [-0.4, -0.2) is 17.0 Å². The van der Waals surface area contributed by atoms with E-state index in [1.807, 2.05) is 0 Å². The summed E-state index contributed by atoms with van der Waals surface area (Å²) >= 11 is 4.85. The second-order valence-corrected chi connectivity index (χ2v) is 4.81. The summed E-state index contributed by atoms with van der Waals surface area (Å²) in [6.07, 6.45) is 3.00. The van der Waals surface area contributed by atoms with Crippen molar-refractivity contribution in [2.45, 2.75) is 0 Å². The first-order chi connectivity index (χ1) is 10.6. The molecule has 1 aromatic carbocycles. The molecule has 2 N–H and O–H groups in total. The zero-order valence-corrected chi connectivity index (χ0v) is 12.0. The summed E-state index contributed by atoms with van der Waals surface area (Å²) in [5.41, 5.74) is 1.02. The lowest BCUT2D eigenvalue weighted by molar-refractivity contribution is -0.115. The normalized spacial score (nSPS) is 15.5. The van der Waals surface area contributed by atoms with E-state index in [4.69, 9.17) is 21.4 Å². The van der Waals surface area contributed by atoms with Gasteiger partial charge in [0.1, 0.15) is 11.4 Å². The van der Waals surface area contributed by atoms with E-state index in [0.29, 0.717) is 17.0 Å². The molecule has 0 aliphatic carbocycles. The number of carbonyl (C=O) groups is 2. The maximum atomic E-state index is 11.8. The Kier molecular flexibility index (Phi) is 3.71. The summed E-state index contributed by atoms with van der Waals surface area (Å²) in [7, 11) is 0. The minimum atomic E-state index is -0.590. The standard InChI is InChI=1S/C15H10N2O4S/c18-13-11(16-15(22)17-13)8-9-3-1-4-10(7-9)21-14(19)12-5-2-6-20-12/h1-8H,(H2,16,17,18,22)/b11-8+. The van der Waals surface area contributed by atoms with Crippen molar-refractivity contribution in [3.05, 3.63) is 59.7 Å². The summed E-state index contributed by atoms with van der Waals surface area (Å²) in [6, 6.07) is 9.86. The molecule has 7 heteroatoms. The predicted molar refractivity (Wildman–Crippen MR) is 82.0 cm³/mol. The van der Waals surface area contributed by atoms with Gasteiger partial charge in [-0.05, 0) is 48.1 Å². The third-order valence-corrected chi connectivity index (χ3v) is 3.03. The van der Waals surface area contributed by atoms with E-state index in [9.17, 15) is 9.59 Å². The molecule has 3 rings (SSSR count). The first-order valence-corrected chi connectivity index (χ1v) is 6.72. The fraction of sp³-hybridized carbons (Fsp3) is 0. The van der Waals surface area contributed by atoms with Crippen LogP contribution >= 0.6 is 12.2 Å². The van der Waals surface area contributed by atoms with Gasteiger partial charge < -0.3 is 14.5 Å². The molecule has 0 bridgehead atoms. The Balaban J connectivity index is 1.78. The fourth-order valence-corrected chi connectivity index (χ4v) is 2.07. The Bertz CT molecular complexity index is 781. The number of rotatable bonds is 3. The summed E-state index contributed by atoms with van der Waals surface area (Å²) < 4.78 is 10.2. The summed E-state index contributed by atoms with van der Waals surface area (Å²) in [5, 5.41) is 5.47. The second-order valence-electron chi connectivity index (χ2n) is 4.41. The molecule has 0 atom stereocenters. The lowest BCUT2D eigenvalue weighted by Crippen LogP contribution is -2.21. The van der Waals surface area contributed by atoms with E-state index in [1.54, 1.807) is 36.4 Å². The monoisotopic (exact) mass is 314 g/mol. The van der Waals surface area contributed by atoms with Gasteiger partial charge in [0, 0.05) is 0 Å². The van der Waals surface area contributed by atoms with Crippen molar-refractivity contribution in [3.8, 4) is 5.75 Å². The smallest absolute Gasteiger partial charge is 0.379 e. The zero-order chi connectivity index (χ0) is 15.5. The van der Waals surface area contributed by atoms with Gasteiger partial charge in [-0.2, -0.15) is 0 Å². The first kappa shape index (κ1) is 14.0. The Morgan fingerprint density at radius 1 is 1.23 bits per heavy atom. The number of carbonyl (C=O) groups excluding carboxylic acids is 2. The highest BCUT2D eigenvalue weighted by Crippen LogP contribution is 2.18. The molecule has 2 aromatic rings. The number of esters is 1. The third kappa shape index (κ3) is 3.04. The van der Waals surface area contributed by atoms with Gasteiger partial charge in [-0.25, -0.2) is 4.79 Å². The molecule has 22 heavy (non-hydrogen) atoms. The van der Waals surface area contributed by atoms with Gasteiger partial charge in [-0.15, -0.1) is 0 Å². The number of nitrogens with one attached hydrogen (secondary N) is 2. The largest absolute Gasteiger partial charge is 0.457 e. The molecular weight excluding hydrogens is 304 g/mol. The molecule has 0 saturated carbocycles. The average Bonchev–Trinajstić information content (AvgIpc) is 3.10. The molecule has 1 aliphatic rings. The lowest BCUT2D eigenvalue weighted by Gasteiger charge is -2.03. The molecule has 1 fully saturated rings. The van der Waals surface area contributed by atoms with Crippen LogP contribution in [0.25, 0.3) is 6.08 Å². The van der Waals surface area contributed by atoms with Crippen LogP contribution in [-0.2, 0) is 4.79 Å². The fourth-order valence-electron chi connectivity index (χ4n) is 1.87. The first-order valence-electron chi connectivity index (χ1n) is 6.31. The van der Waals surface area contributed by atoms with E-state index in [2.05, 4.69) is 10.6 Å². The molecule has 1 aromatic heterocycles. The Labute approximate surface area is 130 Å². The SMILES string of the molecule is O=C1NC(=S)N/C1=C/c1cccc(OC(=O)c2ccco2)c1. The van der Waals surface area contributed by atoms with E-state index in [0.717, 1.165) is 0 Å². The highest BCUT2D eigenvalue weighted by molar-refractivity contribution is 7.80. The molecule has 0 radical (unpaired) electrons. The quantitative estimate of drug-likeness (QED) is 0.389. The van der Waals surface area contributed by atoms with Crippen LogP contribution in [0, 0.1) is 0 Å². The number of ether oxygens (including phenoxy) is 1. The predicted octanol–water partition coefficient (Wildman–Crippen LogP) is 1.84. The second kappa shape index (κ2) is 5.82. The van der Waals surface area contributed by atoms with Gasteiger partial charge in [0.15, 0.2) is 5.11 Å². The highest BCUT2D eigenvalue weighted by atomic mass is 32.1. The Morgan fingerprint density at radius 3 is 2.77 bits per heavy atom. The van der Waals surface area contributed by atoms with Crippen LogP contribution in [0.5, 0.6) is 5.75 Å². The Hall–Kier alpha value is -2.93. The number of hydrogen-bond donors (Lipinski definition) is 2. The van der Waals surface area contributed by atoms with E-state index in [1.165, 1.54) is 12.3 Å². The molecule has 1 aliphatic heterocycles. The summed E-state index contributed by atoms with van der Waals surface area (Å²) in [5.74, 6) is -0.432. The summed E-state index contributed by atoms with van der Waals surface area (Å²) in [6.45, 7) is 0. The minimum absolute atomic E-state index is 0.117. The van der Waals surface area contributed by atoms with E-state index < -0.39 is 5.97 Å². The molecule has 1 amide bonds. The zero-order valence-electron chi connectivity index (χ0n) is 11.2. The van der Waals surface area contributed by atoms with Crippen LogP contribution < -0.4 is 15.4 Å². The molecule has 2 heterocycles. The molecule has 6 nitrogen and oxygen atoms in total. The minimum Gasteiger partial charge on any atom is -0.457 e.